The Hall–Kier alpha value is -2.19. The molecule has 3 N–H and O–H groups in total. The molecule has 1 aromatic carbocycles. The van der Waals surface area contributed by atoms with Gasteiger partial charge in [0.25, 0.3) is 10.1 Å². The molecule has 0 spiro atoms. The van der Waals surface area contributed by atoms with E-state index in [1.54, 1.807) is 12.1 Å². The zero-order valence-electron chi connectivity index (χ0n) is 9.85. The van der Waals surface area contributed by atoms with Crippen molar-refractivity contribution in [1.29, 1.82) is 0 Å². The van der Waals surface area contributed by atoms with Crippen molar-refractivity contribution in [2.45, 2.75) is 11.8 Å². The predicted molar refractivity (Wildman–Crippen MR) is 65.4 cm³/mol. The van der Waals surface area contributed by atoms with Crippen LogP contribution in [-0.4, -0.2) is 35.1 Å². The molecule has 104 valence electrons. The fourth-order valence-corrected chi connectivity index (χ4v) is 1.33. The highest BCUT2D eigenvalue weighted by atomic mass is 32.2. The van der Waals surface area contributed by atoms with Crippen molar-refractivity contribution < 1.29 is 32.8 Å². The van der Waals surface area contributed by atoms with Crippen LogP contribution in [-0.2, 0) is 19.7 Å². The van der Waals surface area contributed by atoms with Crippen LogP contribution >= 0.6 is 0 Å². The van der Waals surface area contributed by atoms with Gasteiger partial charge in [0.05, 0.1) is 4.90 Å². The standard InChI is InChI=1S/C7H8O3S.C4H4O4/c1-6-2-4-7(5-3-6)11(8,9)10;5-3(6)1-2-4(7)8/h2-5H,1H3,(H,8,9,10);1-2H,(H,5,6)(H,7,8)/b;2-1+. The summed E-state index contributed by atoms with van der Waals surface area (Å²) in [5.74, 6) is -2.51. The fraction of sp³-hybridized carbons (Fsp3) is 0.0909. The van der Waals surface area contributed by atoms with Gasteiger partial charge < -0.3 is 10.2 Å². The van der Waals surface area contributed by atoms with Crippen molar-refractivity contribution in [2.24, 2.45) is 0 Å². The second-order valence-electron chi connectivity index (χ2n) is 3.30. The summed E-state index contributed by atoms with van der Waals surface area (Å²) in [6, 6.07) is 5.99. The van der Waals surface area contributed by atoms with Gasteiger partial charge in [-0.2, -0.15) is 8.42 Å². The number of aryl methyl sites for hydroxylation is 1. The lowest BCUT2D eigenvalue weighted by Gasteiger charge is -1.95. The van der Waals surface area contributed by atoms with Crippen LogP contribution in [0.3, 0.4) is 0 Å². The SMILES string of the molecule is Cc1ccc(S(=O)(=O)O)cc1.O=C(O)/C=C/C(=O)O. The lowest BCUT2D eigenvalue weighted by atomic mass is 10.2. The van der Waals surface area contributed by atoms with Crippen LogP contribution in [0.5, 0.6) is 0 Å². The van der Waals surface area contributed by atoms with E-state index in [0.717, 1.165) is 5.56 Å². The smallest absolute Gasteiger partial charge is 0.328 e. The third kappa shape index (κ3) is 8.52. The maximum absolute atomic E-state index is 10.5. The summed E-state index contributed by atoms with van der Waals surface area (Å²) in [5.41, 5.74) is 0.956. The van der Waals surface area contributed by atoms with Gasteiger partial charge in [0.1, 0.15) is 0 Å². The number of hydrogen-bond acceptors (Lipinski definition) is 4. The summed E-state index contributed by atoms with van der Waals surface area (Å²) < 4.78 is 29.6. The van der Waals surface area contributed by atoms with Crippen LogP contribution in [0.2, 0.25) is 0 Å². The number of benzene rings is 1. The third-order valence-corrected chi connectivity index (χ3v) is 2.56. The van der Waals surface area contributed by atoms with Crippen LogP contribution < -0.4 is 0 Å². The molecule has 7 nitrogen and oxygen atoms in total. The zero-order chi connectivity index (χ0) is 15.1. The normalized spacial score (nSPS) is 10.6. The molecule has 0 aliphatic carbocycles. The van der Waals surface area contributed by atoms with Crippen molar-refractivity contribution in [2.75, 3.05) is 0 Å². The molecule has 0 saturated heterocycles. The molecule has 0 saturated carbocycles. The van der Waals surface area contributed by atoms with E-state index in [9.17, 15) is 18.0 Å². The summed E-state index contributed by atoms with van der Waals surface area (Å²) in [5, 5.41) is 15.6. The van der Waals surface area contributed by atoms with Crippen LogP contribution in [0.1, 0.15) is 5.56 Å². The van der Waals surface area contributed by atoms with Crippen molar-refractivity contribution in [3.05, 3.63) is 42.0 Å². The lowest BCUT2D eigenvalue weighted by molar-refractivity contribution is -0.134. The fourth-order valence-electron chi connectivity index (χ4n) is 0.853. The minimum atomic E-state index is -4.02. The van der Waals surface area contributed by atoms with Gasteiger partial charge in [-0.3, -0.25) is 4.55 Å². The molecule has 0 aromatic heterocycles. The Morgan fingerprint density at radius 2 is 1.37 bits per heavy atom. The molecule has 1 aromatic rings. The molecule has 0 aliphatic heterocycles. The number of carboxylic acid groups (broad SMARTS) is 2. The Bertz CT molecular complexity index is 554. The molecule has 19 heavy (non-hydrogen) atoms. The quantitative estimate of drug-likeness (QED) is 0.557. The van der Waals surface area contributed by atoms with Gasteiger partial charge in [0, 0.05) is 12.2 Å². The number of carbonyl (C=O) groups is 2. The van der Waals surface area contributed by atoms with E-state index in [1.165, 1.54) is 12.1 Å². The average Bonchev–Trinajstić information content (AvgIpc) is 2.26. The Morgan fingerprint density at radius 1 is 1.00 bits per heavy atom. The molecule has 0 atom stereocenters. The molecular weight excluding hydrogens is 276 g/mol. The third-order valence-electron chi connectivity index (χ3n) is 1.69. The second-order valence-corrected chi connectivity index (χ2v) is 4.72. The van der Waals surface area contributed by atoms with Gasteiger partial charge in [0.15, 0.2) is 0 Å². The number of rotatable bonds is 3. The summed E-state index contributed by atoms with van der Waals surface area (Å²) in [6.45, 7) is 1.84. The van der Waals surface area contributed by atoms with Crippen molar-refractivity contribution in [3.63, 3.8) is 0 Å². The van der Waals surface area contributed by atoms with Gasteiger partial charge in [-0.05, 0) is 19.1 Å². The van der Waals surface area contributed by atoms with E-state index in [-0.39, 0.29) is 4.90 Å². The minimum absolute atomic E-state index is 0.0666. The predicted octanol–water partition coefficient (Wildman–Crippen LogP) is 0.954. The van der Waals surface area contributed by atoms with E-state index in [1.807, 2.05) is 6.92 Å². The van der Waals surface area contributed by atoms with Crippen molar-refractivity contribution in [3.8, 4) is 0 Å². The second kappa shape index (κ2) is 7.29. The molecule has 0 heterocycles. The number of carboxylic acids is 2. The summed E-state index contributed by atoms with van der Waals surface area (Å²) in [7, 11) is -4.02. The molecule has 0 aliphatic rings. The molecule has 8 heteroatoms. The first-order valence-electron chi connectivity index (χ1n) is 4.81. The molecule has 0 fully saturated rings. The van der Waals surface area contributed by atoms with E-state index >= 15 is 0 Å². The van der Waals surface area contributed by atoms with Gasteiger partial charge in [0.2, 0.25) is 0 Å². The van der Waals surface area contributed by atoms with Crippen molar-refractivity contribution in [1.82, 2.24) is 0 Å². The monoisotopic (exact) mass is 288 g/mol. The molecule has 0 bridgehead atoms. The number of hydrogen-bond donors (Lipinski definition) is 3. The molecule has 0 amide bonds. The van der Waals surface area contributed by atoms with E-state index in [2.05, 4.69) is 0 Å². The minimum Gasteiger partial charge on any atom is -0.478 e. The summed E-state index contributed by atoms with van der Waals surface area (Å²) in [4.78, 5) is 19.0. The Morgan fingerprint density at radius 3 is 1.63 bits per heavy atom. The lowest BCUT2D eigenvalue weighted by Crippen LogP contribution is -1.96. The highest BCUT2D eigenvalue weighted by Crippen LogP contribution is 2.08. The Kier molecular flexibility index (Phi) is 6.45. The zero-order valence-corrected chi connectivity index (χ0v) is 10.7. The van der Waals surface area contributed by atoms with Crippen LogP contribution in [0.15, 0.2) is 41.3 Å². The first-order valence-corrected chi connectivity index (χ1v) is 6.25. The van der Waals surface area contributed by atoms with Crippen molar-refractivity contribution >= 4 is 22.1 Å². The van der Waals surface area contributed by atoms with Gasteiger partial charge in [-0.25, -0.2) is 9.59 Å². The largest absolute Gasteiger partial charge is 0.478 e. The summed E-state index contributed by atoms with van der Waals surface area (Å²) >= 11 is 0. The van der Waals surface area contributed by atoms with E-state index < -0.39 is 22.1 Å². The van der Waals surface area contributed by atoms with E-state index in [4.69, 9.17) is 14.8 Å². The van der Waals surface area contributed by atoms with E-state index in [0.29, 0.717) is 12.2 Å². The van der Waals surface area contributed by atoms with Crippen LogP contribution in [0, 0.1) is 6.92 Å². The molecule has 1 rings (SSSR count). The first-order chi connectivity index (χ1) is 8.62. The van der Waals surface area contributed by atoms with Gasteiger partial charge in [-0.1, -0.05) is 17.7 Å². The Balaban J connectivity index is 0.000000362. The first kappa shape index (κ1) is 16.8. The van der Waals surface area contributed by atoms with Gasteiger partial charge >= 0.3 is 11.9 Å². The highest BCUT2D eigenvalue weighted by Gasteiger charge is 2.06. The molecule has 0 radical (unpaired) electrons. The number of aliphatic carboxylic acids is 2. The van der Waals surface area contributed by atoms with Crippen LogP contribution in [0.4, 0.5) is 0 Å². The average molecular weight is 288 g/mol. The van der Waals surface area contributed by atoms with Gasteiger partial charge in [-0.15, -0.1) is 0 Å². The Labute approximate surface area is 109 Å². The highest BCUT2D eigenvalue weighted by molar-refractivity contribution is 7.85. The topological polar surface area (TPSA) is 129 Å². The molecule has 0 unspecified atom stereocenters. The maximum atomic E-state index is 10.5. The maximum Gasteiger partial charge on any atom is 0.328 e. The summed E-state index contributed by atoms with van der Waals surface area (Å²) in [6.07, 6.45) is 1.12. The molecular formula is C11H12O7S. The van der Waals surface area contributed by atoms with Crippen LogP contribution in [0.25, 0.3) is 0 Å².